The smallest absolute Gasteiger partial charge is 0.0523 e. The first-order chi connectivity index (χ1) is 32.8. The van der Waals surface area contributed by atoms with Crippen LogP contribution in [0.25, 0.3) is 0 Å². The molecule has 0 bridgehead atoms. The third kappa shape index (κ3) is 18.0. The predicted octanol–water partition coefficient (Wildman–Crippen LogP) is 20.3. The van der Waals surface area contributed by atoms with Crippen molar-refractivity contribution in [3.05, 3.63) is 48.2 Å². The van der Waals surface area contributed by atoms with E-state index in [-0.39, 0.29) is 5.54 Å². The van der Waals surface area contributed by atoms with Gasteiger partial charge in [-0.1, -0.05) is 193 Å². The molecule has 5 aliphatic rings. The van der Waals surface area contributed by atoms with Crippen LogP contribution in [0.3, 0.4) is 0 Å². The molecule has 0 amide bonds. The van der Waals surface area contributed by atoms with Gasteiger partial charge in [0.2, 0.25) is 0 Å². The normalized spacial score (nSPS) is 28.5. The molecule has 3 saturated carbocycles. The van der Waals surface area contributed by atoms with Crippen molar-refractivity contribution in [2.45, 2.75) is 292 Å². The van der Waals surface area contributed by atoms with Crippen LogP contribution < -0.4 is 5.32 Å². The molecular weight excluding hydrogens is 821 g/mol. The number of rotatable bonds is 35. The van der Waals surface area contributed by atoms with Crippen LogP contribution >= 0.6 is 0 Å². The van der Waals surface area contributed by atoms with E-state index in [0.717, 1.165) is 60.2 Å². The Kier molecular flexibility index (Phi) is 25.5. The lowest BCUT2D eigenvalue weighted by Gasteiger charge is -2.58. The van der Waals surface area contributed by atoms with E-state index in [2.05, 4.69) is 90.4 Å². The lowest BCUT2D eigenvalue weighted by atomic mass is 9.46. The molecule has 5 rings (SSSR count). The van der Waals surface area contributed by atoms with Gasteiger partial charge in [0, 0.05) is 12.2 Å². The molecule has 0 aromatic carbocycles. The minimum atomic E-state index is -0.103. The van der Waals surface area contributed by atoms with Gasteiger partial charge in [0.1, 0.15) is 0 Å². The SMILES string of the molecule is C=C(CC1CCC2(C)C(=CCC3C2CCC2(C)C(C(C)CCCC(C)C)CCC32)C1)NC(C)(C)C(=C)CCCCC(CCCCCCCCCC/C=C\CCCCCCCC)CN1CCCCC1. The molecule has 1 heterocycles. The van der Waals surface area contributed by atoms with E-state index in [1.807, 2.05) is 5.57 Å². The highest BCUT2D eigenvalue weighted by Gasteiger charge is 2.59. The van der Waals surface area contributed by atoms with E-state index >= 15 is 0 Å². The summed E-state index contributed by atoms with van der Waals surface area (Å²) < 4.78 is 0. The third-order valence-corrected chi connectivity index (χ3v) is 20.2. The summed E-state index contributed by atoms with van der Waals surface area (Å²) in [6.07, 6.45) is 57.9. The van der Waals surface area contributed by atoms with Crippen molar-refractivity contribution in [3.63, 3.8) is 0 Å². The number of hydrogen-bond acceptors (Lipinski definition) is 2. The van der Waals surface area contributed by atoms with Crippen molar-refractivity contribution in [2.24, 2.45) is 58.2 Å². The summed E-state index contributed by atoms with van der Waals surface area (Å²) in [7, 11) is 0. The summed E-state index contributed by atoms with van der Waals surface area (Å²) in [6.45, 7) is 33.3. The van der Waals surface area contributed by atoms with Gasteiger partial charge in [-0.15, -0.1) is 0 Å². The highest BCUT2D eigenvalue weighted by atomic mass is 15.1. The highest BCUT2D eigenvalue weighted by molar-refractivity contribution is 5.26. The molecule has 0 aromatic heterocycles. The van der Waals surface area contributed by atoms with Crippen LogP contribution in [0.15, 0.2) is 48.2 Å². The Morgan fingerprint density at radius 2 is 1.35 bits per heavy atom. The quantitative estimate of drug-likeness (QED) is 0.0503. The summed E-state index contributed by atoms with van der Waals surface area (Å²) in [5, 5.41) is 3.95. The zero-order valence-electron chi connectivity index (χ0n) is 47.3. The van der Waals surface area contributed by atoms with Gasteiger partial charge in [-0.2, -0.15) is 0 Å². The summed E-state index contributed by atoms with van der Waals surface area (Å²) in [4.78, 5) is 2.82. The number of unbranched alkanes of at least 4 members (excludes halogenated alkanes) is 15. The lowest BCUT2D eigenvalue weighted by molar-refractivity contribution is -0.0527. The van der Waals surface area contributed by atoms with Gasteiger partial charge in [0.05, 0.1) is 5.54 Å². The van der Waals surface area contributed by atoms with Crippen molar-refractivity contribution in [1.82, 2.24) is 10.2 Å². The molecule has 9 atom stereocenters. The van der Waals surface area contributed by atoms with Crippen LogP contribution in [-0.4, -0.2) is 30.1 Å². The van der Waals surface area contributed by atoms with E-state index in [0.29, 0.717) is 10.8 Å². The molecule has 4 fully saturated rings. The minimum absolute atomic E-state index is 0.103. The second-order valence-electron chi connectivity index (χ2n) is 26.5. The molecule has 4 aliphatic carbocycles. The molecular formula is C66H118N2. The fourth-order valence-corrected chi connectivity index (χ4v) is 15.8. The van der Waals surface area contributed by atoms with Crippen LogP contribution in [0, 0.1) is 58.2 Å². The first kappa shape index (κ1) is 57.6. The molecule has 2 heteroatoms. The number of hydrogen-bond donors (Lipinski definition) is 1. The summed E-state index contributed by atoms with van der Waals surface area (Å²) in [6, 6.07) is 0. The Labute approximate surface area is 426 Å². The third-order valence-electron chi connectivity index (χ3n) is 20.2. The molecule has 1 aliphatic heterocycles. The molecule has 1 N–H and O–H groups in total. The number of nitrogens with zero attached hydrogens (tertiary/aromatic N) is 1. The Morgan fingerprint density at radius 1 is 0.721 bits per heavy atom. The molecule has 1 saturated heterocycles. The fourth-order valence-electron chi connectivity index (χ4n) is 15.8. The van der Waals surface area contributed by atoms with E-state index in [4.69, 9.17) is 6.58 Å². The van der Waals surface area contributed by atoms with Crippen molar-refractivity contribution in [2.75, 3.05) is 19.6 Å². The van der Waals surface area contributed by atoms with E-state index in [9.17, 15) is 0 Å². The van der Waals surface area contributed by atoms with Crippen molar-refractivity contribution < 1.29 is 0 Å². The monoisotopic (exact) mass is 939 g/mol. The number of fused-ring (bicyclic) bond motifs is 5. The molecule has 392 valence electrons. The maximum Gasteiger partial charge on any atom is 0.0523 e. The second kappa shape index (κ2) is 30.0. The summed E-state index contributed by atoms with van der Waals surface area (Å²) in [5.74, 6) is 7.08. The van der Waals surface area contributed by atoms with Crippen molar-refractivity contribution in [3.8, 4) is 0 Å². The van der Waals surface area contributed by atoms with Gasteiger partial charge in [0.15, 0.2) is 0 Å². The zero-order chi connectivity index (χ0) is 48.8. The maximum atomic E-state index is 4.70. The van der Waals surface area contributed by atoms with E-state index in [1.165, 1.54) is 249 Å². The average Bonchev–Trinajstić information content (AvgIpc) is 3.67. The molecule has 2 nitrogen and oxygen atoms in total. The zero-order valence-corrected chi connectivity index (χ0v) is 47.3. The lowest BCUT2D eigenvalue weighted by Crippen LogP contribution is -2.50. The average molecular weight is 940 g/mol. The van der Waals surface area contributed by atoms with Crippen LogP contribution in [-0.2, 0) is 0 Å². The van der Waals surface area contributed by atoms with E-state index in [1.54, 1.807) is 0 Å². The van der Waals surface area contributed by atoms with Gasteiger partial charge in [-0.3, -0.25) is 0 Å². The van der Waals surface area contributed by atoms with Gasteiger partial charge in [-0.05, 0) is 207 Å². The molecule has 68 heavy (non-hydrogen) atoms. The number of likely N-dealkylation sites (tertiary alicyclic amines) is 1. The number of nitrogens with one attached hydrogen (secondary N) is 1. The first-order valence-electron chi connectivity index (χ1n) is 31.0. The first-order valence-corrected chi connectivity index (χ1v) is 31.0. The molecule has 0 radical (unpaired) electrons. The van der Waals surface area contributed by atoms with Gasteiger partial charge < -0.3 is 10.2 Å². The van der Waals surface area contributed by atoms with Crippen LogP contribution in [0.2, 0.25) is 0 Å². The van der Waals surface area contributed by atoms with Crippen LogP contribution in [0.5, 0.6) is 0 Å². The number of piperidine rings is 1. The van der Waals surface area contributed by atoms with Gasteiger partial charge in [0.25, 0.3) is 0 Å². The van der Waals surface area contributed by atoms with Gasteiger partial charge in [-0.25, -0.2) is 0 Å². The standard InChI is InChI=1S/C66H118N2/c1-11-12-13-14-15-16-17-18-19-20-21-22-23-24-25-26-27-29-38-57(52-68-48-32-28-33-49-68)39-31-30-37-55(5)64(7,8)67-56(6)50-58-44-46-65(9)59(51-58)40-41-60-62-43-42-61(54(4)36-34-35-53(2)3)66(62,10)47-45-63(60)65/h18-19,40,53-54,57-58,60-63,67H,5-6,11-17,20-39,41-52H2,1-4,7-10H3/b19-18-. The summed E-state index contributed by atoms with van der Waals surface area (Å²) in [5.41, 5.74) is 5.36. The van der Waals surface area contributed by atoms with Gasteiger partial charge >= 0.3 is 0 Å². The number of allylic oxidation sites excluding steroid dienone is 5. The van der Waals surface area contributed by atoms with Crippen LogP contribution in [0.4, 0.5) is 0 Å². The van der Waals surface area contributed by atoms with Crippen LogP contribution in [0.1, 0.15) is 287 Å². The van der Waals surface area contributed by atoms with Crippen molar-refractivity contribution in [1.29, 1.82) is 0 Å². The molecule has 0 aromatic rings. The van der Waals surface area contributed by atoms with E-state index < -0.39 is 0 Å². The molecule has 9 unspecified atom stereocenters. The Bertz CT molecular complexity index is 1470. The van der Waals surface area contributed by atoms with Crippen molar-refractivity contribution >= 4 is 0 Å². The second-order valence-corrected chi connectivity index (χ2v) is 26.5. The largest absolute Gasteiger partial charge is 0.380 e. The topological polar surface area (TPSA) is 15.3 Å². The maximum absolute atomic E-state index is 4.70. The Hall–Kier alpha value is -1.28. The highest BCUT2D eigenvalue weighted by Crippen LogP contribution is 2.67. The minimum Gasteiger partial charge on any atom is -0.380 e. The predicted molar refractivity (Wildman–Crippen MR) is 302 cm³/mol. The Morgan fingerprint density at radius 3 is 2.01 bits per heavy atom. The Balaban J connectivity index is 0.959. The molecule has 0 spiro atoms. The fraction of sp³-hybridized carbons (Fsp3) is 0.879. The summed E-state index contributed by atoms with van der Waals surface area (Å²) >= 11 is 0.